The molecule has 1 aromatic carbocycles. The molecule has 0 saturated heterocycles. The second kappa shape index (κ2) is 5.16. The first kappa shape index (κ1) is 12.4. The number of benzene rings is 1. The van der Waals surface area contributed by atoms with Crippen molar-refractivity contribution in [3.05, 3.63) is 69.4 Å². The van der Waals surface area contributed by atoms with Crippen molar-refractivity contribution in [3.63, 3.8) is 0 Å². The molecular formula is C16H10N2OS. The number of hydrogen-bond acceptors (Lipinski definition) is 3. The smallest absolute Gasteiger partial charge is 0.255 e. The number of carbonyl (C=O) groups excluding carboxylic acids is 1. The molecule has 0 aliphatic carbocycles. The molecule has 3 rings (SSSR count). The van der Waals surface area contributed by atoms with Gasteiger partial charge in [-0.05, 0) is 41.3 Å². The van der Waals surface area contributed by atoms with E-state index in [0.29, 0.717) is 11.1 Å². The fourth-order valence-corrected chi connectivity index (χ4v) is 2.63. The lowest BCUT2D eigenvalue weighted by molar-refractivity contribution is -0.115. The quantitative estimate of drug-likeness (QED) is 0.858. The van der Waals surface area contributed by atoms with Crippen LogP contribution < -0.4 is 5.32 Å². The normalized spacial score (nSPS) is 15.8. The summed E-state index contributed by atoms with van der Waals surface area (Å²) >= 11 is 1.59. The Labute approximate surface area is 120 Å². The lowest BCUT2D eigenvalue weighted by atomic mass is 10.1. The summed E-state index contributed by atoms with van der Waals surface area (Å²) in [6, 6.07) is 13.1. The molecule has 2 aromatic rings. The van der Waals surface area contributed by atoms with Crippen molar-refractivity contribution >= 4 is 29.0 Å². The van der Waals surface area contributed by atoms with Gasteiger partial charge in [0.1, 0.15) is 0 Å². The number of rotatable bonds is 2. The van der Waals surface area contributed by atoms with E-state index < -0.39 is 0 Å². The third-order valence-electron chi connectivity index (χ3n) is 2.98. The summed E-state index contributed by atoms with van der Waals surface area (Å²) in [7, 11) is 0. The Balaban J connectivity index is 1.92. The number of hydrogen-bond donors (Lipinski definition) is 1. The van der Waals surface area contributed by atoms with E-state index in [1.54, 1.807) is 23.5 Å². The van der Waals surface area contributed by atoms with E-state index in [1.165, 1.54) is 0 Å². The monoisotopic (exact) mass is 278 g/mol. The zero-order chi connectivity index (χ0) is 13.9. The topological polar surface area (TPSA) is 52.9 Å². The van der Waals surface area contributed by atoms with Crippen LogP contribution in [0.2, 0.25) is 0 Å². The van der Waals surface area contributed by atoms with E-state index in [9.17, 15) is 4.79 Å². The van der Waals surface area contributed by atoms with Gasteiger partial charge in [0.25, 0.3) is 5.91 Å². The molecule has 0 saturated carbocycles. The second-order valence-corrected chi connectivity index (χ2v) is 5.30. The van der Waals surface area contributed by atoms with Gasteiger partial charge in [-0.25, -0.2) is 0 Å². The number of nitrogens with zero attached hydrogens (tertiary/aromatic N) is 1. The third-order valence-corrected chi connectivity index (χ3v) is 3.80. The Morgan fingerprint density at radius 3 is 2.65 bits per heavy atom. The first-order chi connectivity index (χ1) is 9.76. The Morgan fingerprint density at radius 2 is 2.00 bits per heavy atom. The maximum Gasteiger partial charge on any atom is 0.255 e. The van der Waals surface area contributed by atoms with E-state index in [0.717, 1.165) is 16.1 Å². The minimum absolute atomic E-state index is 0.0993. The van der Waals surface area contributed by atoms with Gasteiger partial charge in [-0.15, -0.1) is 11.3 Å². The van der Waals surface area contributed by atoms with Crippen LogP contribution in [0, 0.1) is 11.3 Å². The molecule has 1 amide bonds. The third kappa shape index (κ3) is 2.40. The molecule has 0 radical (unpaired) electrons. The van der Waals surface area contributed by atoms with Crippen molar-refractivity contribution in [2.45, 2.75) is 0 Å². The Morgan fingerprint density at radius 1 is 1.20 bits per heavy atom. The molecule has 3 nitrogen and oxygen atoms in total. The predicted molar refractivity (Wildman–Crippen MR) is 79.6 cm³/mol. The lowest BCUT2D eigenvalue weighted by Gasteiger charge is -2.01. The van der Waals surface area contributed by atoms with Gasteiger partial charge in [0.05, 0.1) is 11.6 Å². The van der Waals surface area contributed by atoms with E-state index in [-0.39, 0.29) is 5.91 Å². The lowest BCUT2D eigenvalue weighted by Crippen LogP contribution is -2.15. The number of nitriles is 1. The molecule has 1 N–H and O–H groups in total. The van der Waals surface area contributed by atoms with Crippen LogP contribution in [-0.2, 0) is 4.79 Å². The van der Waals surface area contributed by atoms with Gasteiger partial charge in [0.2, 0.25) is 0 Å². The van der Waals surface area contributed by atoms with Gasteiger partial charge >= 0.3 is 0 Å². The highest BCUT2D eigenvalue weighted by atomic mass is 32.1. The van der Waals surface area contributed by atoms with Gasteiger partial charge < -0.3 is 5.32 Å². The standard InChI is InChI=1S/C16H10N2OS/c17-10-11-3-5-12(6-4-11)15-9-13(16(19)18-15)8-14-2-1-7-20-14/h1-9H,(H,18,19). The fourth-order valence-electron chi connectivity index (χ4n) is 1.97. The van der Waals surface area contributed by atoms with Gasteiger partial charge in [0, 0.05) is 16.1 Å². The Kier molecular flexibility index (Phi) is 3.20. The van der Waals surface area contributed by atoms with E-state index in [1.807, 2.05) is 41.8 Å². The number of carbonyl (C=O) groups is 1. The van der Waals surface area contributed by atoms with E-state index >= 15 is 0 Å². The maximum atomic E-state index is 11.9. The first-order valence-corrected chi connectivity index (χ1v) is 6.93. The maximum absolute atomic E-state index is 11.9. The minimum Gasteiger partial charge on any atom is -0.321 e. The summed E-state index contributed by atoms with van der Waals surface area (Å²) in [6.45, 7) is 0. The SMILES string of the molecule is N#Cc1ccc(C2=CC(=Cc3cccs3)C(=O)N2)cc1. The van der Waals surface area contributed by atoms with Crippen molar-refractivity contribution in [2.75, 3.05) is 0 Å². The summed E-state index contributed by atoms with van der Waals surface area (Å²) in [6.07, 6.45) is 3.71. The molecule has 1 aliphatic rings. The molecule has 2 heterocycles. The molecule has 20 heavy (non-hydrogen) atoms. The highest BCUT2D eigenvalue weighted by Gasteiger charge is 2.18. The summed E-state index contributed by atoms with van der Waals surface area (Å²) < 4.78 is 0. The van der Waals surface area contributed by atoms with Crippen LogP contribution in [0.5, 0.6) is 0 Å². The molecule has 1 aliphatic heterocycles. The first-order valence-electron chi connectivity index (χ1n) is 6.05. The van der Waals surface area contributed by atoms with E-state index in [2.05, 4.69) is 11.4 Å². The van der Waals surface area contributed by atoms with Crippen LogP contribution in [0.3, 0.4) is 0 Å². The summed E-state index contributed by atoms with van der Waals surface area (Å²) in [5.41, 5.74) is 2.91. The van der Waals surface area contributed by atoms with Crippen molar-refractivity contribution in [3.8, 4) is 6.07 Å². The van der Waals surface area contributed by atoms with Crippen molar-refractivity contribution in [1.82, 2.24) is 5.32 Å². The minimum atomic E-state index is -0.0993. The average Bonchev–Trinajstić information content (AvgIpc) is 3.10. The largest absolute Gasteiger partial charge is 0.321 e. The number of amides is 1. The molecular weight excluding hydrogens is 268 g/mol. The molecule has 0 fully saturated rings. The van der Waals surface area contributed by atoms with Crippen LogP contribution >= 0.6 is 11.3 Å². The number of nitrogens with one attached hydrogen (secondary N) is 1. The van der Waals surface area contributed by atoms with Crippen LogP contribution in [0.4, 0.5) is 0 Å². The van der Waals surface area contributed by atoms with Crippen LogP contribution in [0.15, 0.2) is 53.4 Å². The highest BCUT2D eigenvalue weighted by Crippen LogP contribution is 2.23. The molecule has 0 unspecified atom stereocenters. The van der Waals surface area contributed by atoms with Gasteiger partial charge in [-0.3, -0.25) is 4.79 Å². The zero-order valence-electron chi connectivity index (χ0n) is 10.5. The molecule has 0 spiro atoms. The highest BCUT2D eigenvalue weighted by molar-refractivity contribution is 7.10. The molecule has 1 aromatic heterocycles. The van der Waals surface area contributed by atoms with E-state index in [4.69, 9.17) is 5.26 Å². The van der Waals surface area contributed by atoms with Gasteiger partial charge in [0.15, 0.2) is 0 Å². The van der Waals surface area contributed by atoms with Crippen molar-refractivity contribution in [1.29, 1.82) is 5.26 Å². The molecule has 4 heteroatoms. The zero-order valence-corrected chi connectivity index (χ0v) is 11.3. The van der Waals surface area contributed by atoms with Crippen molar-refractivity contribution in [2.24, 2.45) is 0 Å². The Hall–Kier alpha value is -2.64. The van der Waals surface area contributed by atoms with Crippen LogP contribution in [-0.4, -0.2) is 5.91 Å². The second-order valence-electron chi connectivity index (χ2n) is 4.32. The fraction of sp³-hybridized carbons (Fsp3) is 0. The molecule has 0 bridgehead atoms. The predicted octanol–water partition coefficient (Wildman–Crippen LogP) is 3.17. The number of thiophene rings is 1. The van der Waals surface area contributed by atoms with Gasteiger partial charge in [-0.1, -0.05) is 18.2 Å². The summed E-state index contributed by atoms with van der Waals surface area (Å²) in [4.78, 5) is 13.0. The summed E-state index contributed by atoms with van der Waals surface area (Å²) in [5.74, 6) is -0.0993. The molecule has 96 valence electrons. The van der Waals surface area contributed by atoms with Crippen LogP contribution in [0.1, 0.15) is 16.0 Å². The average molecular weight is 278 g/mol. The summed E-state index contributed by atoms with van der Waals surface area (Å²) in [5, 5.41) is 13.6. The van der Waals surface area contributed by atoms with Gasteiger partial charge in [-0.2, -0.15) is 5.26 Å². The molecule has 0 atom stereocenters. The van der Waals surface area contributed by atoms with Crippen LogP contribution in [0.25, 0.3) is 11.8 Å². The Bertz CT molecular complexity index is 747. The van der Waals surface area contributed by atoms with Crippen molar-refractivity contribution < 1.29 is 4.79 Å².